The lowest BCUT2D eigenvalue weighted by molar-refractivity contribution is -0.116. The van der Waals surface area contributed by atoms with Crippen LogP contribution in [0.1, 0.15) is 16.8 Å². The Hall–Kier alpha value is -2.49. The van der Waals surface area contributed by atoms with E-state index in [0.717, 1.165) is 11.3 Å². The Labute approximate surface area is 117 Å². The van der Waals surface area contributed by atoms with Crippen molar-refractivity contribution < 1.29 is 9.18 Å². The van der Waals surface area contributed by atoms with E-state index in [2.05, 4.69) is 10.3 Å². The van der Waals surface area contributed by atoms with Crippen molar-refractivity contribution in [1.29, 1.82) is 0 Å². The normalized spacial score (nSPS) is 10.7. The summed E-state index contributed by atoms with van der Waals surface area (Å²) in [7, 11) is 0. The van der Waals surface area contributed by atoms with Gasteiger partial charge in [0.15, 0.2) is 0 Å². The Morgan fingerprint density at radius 2 is 2.20 bits per heavy atom. The molecule has 1 aromatic carbocycles. The van der Waals surface area contributed by atoms with E-state index < -0.39 is 0 Å². The highest BCUT2D eigenvalue weighted by Gasteiger charge is 2.00. The van der Waals surface area contributed by atoms with Gasteiger partial charge in [-0.15, -0.1) is 0 Å². The second kappa shape index (κ2) is 6.61. The molecule has 0 radical (unpaired) electrons. The molecule has 0 atom stereocenters. The number of nitrogens with zero attached hydrogens (tertiary/aromatic N) is 1. The fourth-order valence-corrected chi connectivity index (χ4v) is 1.70. The van der Waals surface area contributed by atoms with Crippen molar-refractivity contribution >= 4 is 12.0 Å². The summed E-state index contributed by atoms with van der Waals surface area (Å²) in [5.74, 6) is -0.451. The number of aromatic nitrogens is 1. The van der Waals surface area contributed by atoms with E-state index >= 15 is 0 Å². The van der Waals surface area contributed by atoms with Crippen LogP contribution in [0, 0.1) is 12.7 Å². The summed E-state index contributed by atoms with van der Waals surface area (Å²) in [6.07, 6.45) is 4.74. The average molecular weight is 270 g/mol. The van der Waals surface area contributed by atoms with Gasteiger partial charge < -0.3 is 5.32 Å². The summed E-state index contributed by atoms with van der Waals surface area (Å²) >= 11 is 0. The summed E-state index contributed by atoms with van der Waals surface area (Å²) in [6.45, 7) is 2.06. The number of hydrogen-bond acceptors (Lipinski definition) is 2. The molecular formula is C16H15FN2O. The van der Waals surface area contributed by atoms with Crippen molar-refractivity contribution in [2.24, 2.45) is 0 Å². The Kier molecular flexibility index (Phi) is 4.60. The SMILES string of the molecule is Cc1cc(CNC(=O)/C=C/c2ccccn2)ccc1F. The van der Waals surface area contributed by atoms with E-state index in [-0.39, 0.29) is 11.7 Å². The maximum Gasteiger partial charge on any atom is 0.244 e. The number of amides is 1. The number of benzene rings is 1. The number of halogens is 1. The lowest BCUT2D eigenvalue weighted by Gasteiger charge is -2.04. The van der Waals surface area contributed by atoms with E-state index in [4.69, 9.17) is 0 Å². The van der Waals surface area contributed by atoms with Crippen LogP contribution in [0.15, 0.2) is 48.7 Å². The average Bonchev–Trinajstić information content (AvgIpc) is 2.47. The molecule has 102 valence electrons. The molecule has 3 nitrogen and oxygen atoms in total. The van der Waals surface area contributed by atoms with Gasteiger partial charge in [0.2, 0.25) is 5.91 Å². The second-order valence-corrected chi connectivity index (χ2v) is 4.39. The van der Waals surface area contributed by atoms with Crippen molar-refractivity contribution in [3.05, 3.63) is 71.3 Å². The molecule has 0 saturated heterocycles. The monoisotopic (exact) mass is 270 g/mol. The first-order chi connectivity index (χ1) is 9.65. The predicted octanol–water partition coefficient (Wildman–Crippen LogP) is 2.86. The van der Waals surface area contributed by atoms with Gasteiger partial charge in [-0.25, -0.2) is 4.39 Å². The third-order valence-corrected chi connectivity index (χ3v) is 2.78. The quantitative estimate of drug-likeness (QED) is 0.868. The van der Waals surface area contributed by atoms with E-state index in [1.165, 1.54) is 12.1 Å². The molecule has 2 rings (SSSR count). The first kappa shape index (κ1) is 13.9. The molecule has 0 aliphatic carbocycles. The molecule has 0 bridgehead atoms. The molecule has 0 spiro atoms. The molecule has 4 heteroatoms. The van der Waals surface area contributed by atoms with Gasteiger partial charge in [0.1, 0.15) is 5.82 Å². The molecule has 1 N–H and O–H groups in total. The van der Waals surface area contributed by atoms with Gasteiger partial charge in [0.05, 0.1) is 5.69 Å². The standard InChI is InChI=1S/C16H15FN2O/c1-12-10-13(5-7-15(12)17)11-19-16(20)8-6-14-4-2-3-9-18-14/h2-10H,11H2,1H3,(H,19,20)/b8-6+. The number of carbonyl (C=O) groups excluding carboxylic acids is 1. The highest BCUT2D eigenvalue weighted by atomic mass is 19.1. The zero-order chi connectivity index (χ0) is 14.4. The molecular weight excluding hydrogens is 255 g/mol. The van der Waals surface area contributed by atoms with E-state index in [0.29, 0.717) is 12.1 Å². The number of nitrogens with one attached hydrogen (secondary N) is 1. The Bertz CT molecular complexity index is 624. The molecule has 1 amide bonds. The lowest BCUT2D eigenvalue weighted by atomic mass is 10.1. The molecule has 0 unspecified atom stereocenters. The van der Waals surface area contributed by atoms with Crippen LogP contribution in [0.25, 0.3) is 6.08 Å². The second-order valence-electron chi connectivity index (χ2n) is 4.39. The molecule has 0 fully saturated rings. The highest BCUT2D eigenvalue weighted by molar-refractivity contribution is 5.91. The minimum Gasteiger partial charge on any atom is -0.348 e. The number of rotatable bonds is 4. The van der Waals surface area contributed by atoms with Crippen LogP contribution in [0.2, 0.25) is 0 Å². The van der Waals surface area contributed by atoms with Gasteiger partial charge >= 0.3 is 0 Å². The summed E-state index contributed by atoms with van der Waals surface area (Å²) in [5, 5.41) is 2.74. The molecule has 0 aliphatic rings. The Morgan fingerprint density at radius 3 is 2.90 bits per heavy atom. The van der Waals surface area contributed by atoms with Crippen molar-refractivity contribution in [3.63, 3.8) is 0 Å². The Balaban J connectivity index is 1.89. The van der Waals surface area contributed by atoms with Crippen LogP contribution in [0.4, 0.5) is 4.39 Å². The van der Waals surface area contributed by atoms with Crippen LogP contribution < -0.4 is 5.32 Å². The summed E-state index contributed by atoms with van der Waals surface area (Å²) in [5.41, 5.74) is 2.16. The topological polar surface area (TPSA) is 42.0 Å². The number of hydrogen-bond donors (Lipinski definition) is 1. The van der Waals surface area contributed by atoms with Gasteiger partial charge in [0.25, 0.3) is 0 Å². The van der Waals surface area contributed by atoms with Crippen molar-refractivity contribution in [2.75, 3.05) is 0 Å². The zero-order valence-corrected chi connectivity index (χ0v) is 11.1. The molecule has 0 saturated carbocycles. The minimum atomic E-state index is -0.241. The van der Waals surface area contributed by atoms with Crippen molar-refractivity contribution in [1.82, 2.24) is 10.3 Å². The molecule has 0 aliphatic heterocycles. The van der Waals surface area contributed by atoms with Crippen LogP contribution in [0.3, 0.4) is 0 Å². The molecule has 20 heavy (non-hydrogen) atoms. The fraction of sp³-hybridized carbons (Fsp3) is 0.125. The molecule has 1 heterocycles. The smallest absolute Gasteiger partial charge is 0.244 e. The lowest BCUT2D eigenvalue weighted by Crippen LogP contribution is -2.20. The van der Waals surface area contributed by atoms with E-state index in [9.17, 15) is 9.18 Å². The maximum atomic E-state index is 13.1. The largest absolute Gasteiger partial charge is 0.348 e. The van der Waals surface area contributed by atoms with Gasteiger partial charge in [-0.3, -0.25) is 9.78 Å². The van der Waals surface area contributed by atoms with Gasteiger partial charge in [0, 0.05) is 18.8 Å². The van der Waals surface area contributed by atoms with Gasteiger partial charge in [-0.05, 0) is 42.3 Å². The first-order valence-corrected chi connectivity index (χ1v) is 6.27. The Morgan fingerprint density at radius 1 is 1.35 bits per heavy atom. The van der Waals surface area contributed by atoms with Crippen LogP contribution in [-0.4, -0.2) is 10.9 Å². The number of pyridine rings is 1. The molecule has 1 aromatic heterocycles. The summed E-state index contributed by atoms with van der Waals surface area (Å²) in [6, 6.07) is 10.3. The van der Waals surface area contributed by atoms with Gasteiger partial charge in [-0.1, -0.05) is 18.2 Å². The van der Waals surface area contributed by atoms with Crippen LogP contribution >= 0.6 is 0 Å². The highest BCUT2D eigenvalue weighted by Crippen LogP contribution is 2.08. The van der Waals surface area contributed by atoms with E-state index in [1.807, 2.05) is 18.2 Å². The zero-order valence-electron chi connectivity index (χ0n) is 11.1. The predicted molar refractivity (Wildman–Crippen MR) is 76.3 cm³/mol. The number of aryl methyl sites for hydroxylation is 1. The first-order valence-electron chi connectivity index (χ1n) is 6.27. The summed E-state index contributed by atoms with van der Waals surface area (Å²) < 4.78 is 13.1. The summed E-state index contributed by atoms with van der Waals surface area (Å²) in [4.78, 5) is 15.7. The third-order valence-electron chi connectivity index (χ3n) is 2.78. The van der Waals surface area contributed by atoms with Crippen molar-refractivity contribution in [3.8, 4) is 0 Å². The maximum absolute atomic E-state index is 13.1. The van der Waals surface area contributed by atoms with Crippen molar-refractivity contribution in [2.45, 2.75) is 13.5 Å². The minimum absolute atomic E-state index is 0.211. The van der Waals surface area contributed by atoms with Crippen LogP contribution in [-0.2, 0) is 11.3 Å². The van der Waals surface area contributed by atoms with E-state index in [1.54, 1.807) is 31.3 Å². The van der Waals surface area contributed by atoms with Gasteiger partial charge in [-0.2, -0.15) is 0 Å². The fourth-order valence-electron chi connectivity index (χ4n) is 1.70. The number of carbonyl (C=O) groups is 1. The third kappa shape index (κ3) is 4.02. The van der Waals surface area contributed by atoms with Crippen LogP contribution in [0.5, 0.6) is 0 Å². The molecule has 2 aromatic rings.